The van der Waals surface area contributed by atoms with Crippen molar-refractivity contribution < 1.29 is 34.4 Å². The van der Waals surface area contributed by atoms with Crippen molar-refractivity contribution in [2.75, 3.05) is 38.0 Å². The van der Waals surface area contributed by atoms with Crippen LogP contribution in [0.1, 0.15) is 17.5 Å². The third kappa shape index (κ3) is 8.99. The summed E-state index contributed by atoms with van der Waals surface area (Å²) >= 11 is 0. The SMILES string of the molecule is CN(C)c1ccc(/C=C/C(=O)CC(=O)/C=C/c2ccc(N(C)C)cc2)cc1.[Cl-].[Cl-]. The van der Waals surface area contributed by atoms with Gasteiger partial charge in [0.25, 0.3) is 0 Å². The summed E-state index contributed by atoms with van der Waals surface area (Å²) in [6.07, 6.45) is 6.26. The zero-order chi connectivity index (χ0) is 19.8. The fraction of sp³-hybridized carbons (Fsp3) is 0.217. The molecule has 0 aromatic heterocycles. The Bertz CT molecular complexity index is 769. The lowest BCUT2D eigenvalue weighted by Crippen LogP contribution is -3.00. The van der Waals surface area contributed by atoms with E-state index in [1.165, 1.54) is 12.2 Å². The first kappa shape index (κ1) is 26.4. The summed E-state index contributed by atoms with van der Waals surface area (Å²) < 4.78 is 0. The Morgan fingerprint density at radius 1 is 0.655 bits per heavy atom. The second kappa shape index (κ2) is 12.8. The Morgan fingerprint density at radius 2 is 0.966 bits per heavy atom. The van der Waals surface area contributed by atoms with E-state index in [1.54, 1.807) is 12.2 Å². The number of rotatable bonds is 8. The van der Waals surface area contributed by atoms with Crippen LogP contribution in [0.25, 0.3) is 12.2 Å². The number of benzene rings is 2. The topological polar surface area (TPSA) is 40.6 Å². The molecule has 0 N–H and O–H groups in total. The standard InChI is InChI=1S/C23H26N2O2.2ClH/c1-24(2)20-11-5-18(6-12-20)9-15-22(26)17-23(27)16-10-19-7-13-21(14-8-19)25(3)4;;/h5-16H,17H2,1-4H3;2*1H/p-2/b15-9+,16-10+;;. The quantitative estimate of drug-likeness (QED) is 0.360. The zero-order valence-corrected chi connectivity index (χ0v) is 18.6. The summed E-state index contributed by atoms with van der Waals surface area (Å²) in [6, 6.07) is 15.7. The fourth-order valence-electron chi connectivity index (χ4n) is 2.44. The minimum atomic E-state index is -0.204. The Morgan fingerprint density at radius 3 is 1.24 bits per heavy atom. The van der Waals surface area contributed by atoms with E-state index in [4.69, 9.17) is 0 Å². The van der Waals surface area contributed by atoms with Gasteiger partial charge in [-0.25, -0.2) is 0 Å². The van der Waals surface area contributed by atoms with Gasteiger partial charge in [0.05, 0.1) is 6.42 Å². The summed E-state index contributed by atoms with van der Waals surface area (Å²) in [5.74, 6) is -0.409. The summed E-state index contributed by atoms with van der Waals surface area (Å²) in [5.41, 5.74) is 4.05. The smallest absolute Gasteiger partial charge is 0.163 e. The van der Waals surface area contributed by atoms with Gasteiger partial charge in [-0.15, -0.1) is 0 Å². The van der Waals surface area contributed by atoms with E-state index in [0.717, 1.165) is 22.5 Å². The van der Waals surface area contributed by atoms with Gasteiger partial charge in [0, 0.05) is 39.6 Å². The lowest BCUT2D eigenvalue weighted by molar-refractivity contribution is -0.121. The molecule has 156 valence electrons. The number of hydrogen-bond donors (Lipinski definition) is 0. The molecule has 29 heavy (non-hydrogen) atoms. The van der Waals surface area contributed by atoms with Gasteiger partial charge in [-0.3, -0.25) is 9.59 Å². The average Bonchev–Trinajstić information content (AvgIpc) is 2.65. The molecule has 0 fully saturated rings. The molecule has 0 radical (unpaired) electrons. The molecular formula is C23H26Cl2N2O2-2. The molecule has 0 aliphatic rings. The van der Waals surface area contributed by atoms with Crippen LogP contribution >= 0.6 is 0 Å². The summed E-state index contributed by atoms with van der Waals surface area (Å²) in [7, 11) is 7.91. The normalized spacial score (nSPS) is 10.3. The second-order valence-electron chi connectivity index (χ2n) is 6.75. The number of ketones is 2. The maximum atomic E-state index is 12.0. The van der Waals surface area contributed by atoms with E-state index in [-0.39, 0.29) is 42.8 Å². The van der Waals surface area contributed by atoms with E-state index < -0.39 is 0 Å². The van der Waals surface area contributed by atoms with Crippen molar-refractivity contribution in [3.63, 3.8) is 0 Å². The molecule has 4 nitrogen and oxygen atoms in total. The van der Waals surface area contributed by atoms with Crippen molar-refractivity contribution in [3.8, 4) is 0 Å². The van der Waals surface area contributed by atoms with Crippen molar-refractivity contribution in [1.29, 1.82) is 0 Å². The van der Waals surface area contributed by atoms with Gasteiger partial charge < -0.3 is 34.6 Å². The first-order valence-electron chi connectivity index (χ1n) is 8.82. The van der Waals surface area contributed by atoms with E-state index in [9.17, 15) is 9.59 Å². The number of hydrogen-bond acceptors (Lipinski definition) is 4. The monoisotopic (exact) mass is 432 g/mol. The second-order valence-corrected chi connectivity index (χ2v) is 6.75. The van der Waals surface area contributed by atoms with Crippen LogP contribution in [0.5, 0.6) is 0 Å². The molecule has 0 aliphatic heterocycles. The molecule has 2 aromatic carbocycles. The first-order valence-corrected chi connectivity index (χ1v) is 8.82. The molecule has 0 atom stereocenters. The van der Waals surface area contributed by atoms with Crippen LogP contribution in [-0.2, 0) is 9.59 Å². The van der Waals surface area contributed by atoms with E-state index in [1.807, 2.05) is 86.5 Å². The molecule has 0 saturated heterocycles. The number of carbonyl (C=O) groups excluding carboxylic acids is 2. The molecule has 2 rings (SSSR count). The molecule has 0 amide bonds. The maximum absolute atomic E-state index is 12.0. The van der Waals surface area contributed by atoms with Crippen molar-refractivity contribution in [1.82, 2.24) is 0 Å². The molecule has 0 aliphatic carbocycles. The van der Waals surface area contributed by atoms with Crippen LogP contribution in [0.2, 0.25) is 0 Å². The summed E-state index contributed by atoms with van der Waals surface area (Å²) in [5, 5.41) is 0. The molecule has 0 bridgehead atoms. The molecular weight excluding hydrogens is 407 g/mol. The highest BCUT2D eigenvalue weighted by atomic mass is 35.5. The van der Waals surface area contributed by atoms with Crippen molar-refractivity contribution in [3.05, 3.63) is 71.8 Å². The number of halogens is 2. The minimum absolute atomic E-state index is 0. The lowest BCUT2D eigenvalue weighted by Gasteiger charge is -2.11. The Hall–Kier alpha value is -2.56. The van der Waals surface area contributed by atoms with Gasteiger partial charge in [-0.1, -0.05) is 36.4 Å². The third-order valence-electron chi connectivity index (χ3n) is 4.09. The fourth-order valence-corrected chi connectivity index (χ4v) is 2.44. The minimum Gasteiger partial charge on any atom is -1.00 e. The van der Waals surface area contributed by atoms with Gasteiger partial charge in [-0.05, 0) is 47.5 Å². The van der Waals surface area contributed by atoms with Gasteiger partial charge in [0.1, 0.15) is 0 Å². The summed E-state index contributed by atoms with van der Waals surface area (Å²) in [4.78, 5) is 28.0. The van der Waals surface area contributed by atoms with E-state index in [2.05, 4.69) is 0 Å². The predicted octanol–water partition coefficient (Wildman–Crippen LogP) is -1.92. The van der Waals surface area contributed by atoms with Crippen LogP contribution in [-0.4, -0.2) is 39.8 Å². The number of nitrogens with zero attached hydrogens (tertiary/aromatic N) is 2. The van der Waals surface area contributed by atoms with Crippen LogP contribution < -0.4 is 34.6 Å². The van der Waals surface area contributed by atoms with E-state index >= 15 is 0 Å². The van der Waals surface area contributed by atoms with Crippen molar-refractivity contribution >= 4 is 35.1 Å². The van der Waals surface area contributed by atoms with Crippen LogP contribution in [0.4, 0.5) is 11.4 Å². The maximum Gasteiger partial charge on any atom is 0.163 e. The molecule has 6 heteroatoms. The number of allylic oxidation sites excluding steroid dienone is 2. The highest BCUT2D eigenvalue weighted by Crippen LogP contribution is 2.14. The van der Waals surface area contributed by atoms with Crippen LogP contribution in [0.3, 0.4) is 0 Å². The van der Waals surface area contributed by atoms with Gasteiger partial charge in [0.2, 0.25) is 0 Å². The zero-order valence-electron chi connectivity index (χ0n) is 17.1. The highest BCUT2D eigenvalue weighted by molar-refractivity contribution is 6.10. The number of anilines is 2. The molecule has 0 spiro atoms. The Labute approximate surface area is 185 Å². The molecule has 0 heterocycles. The summed E-state index contributed by atoms with van der Waals surface area (Å²) in [6.45, 7) is 0. The molecule has 0 unspecified atom stereocenters. The van der Waals surface area contributed by atoms with Crippen LogP contribution in [0, 0.1) is 0 Å². The Kier molecular flexibility index (Phi) is 11.7. The third-order valence-corrected chi connectivity index (χ3v) is 4.09. The van der Waals surface area contributed by atoms with Crippen molar-refractivity contribution in [2.24, 2.45) is 0 Å². The highest BCUT2D eigenvalue weighted by Gasteiger charge is 2.04. The first-order chi connectivity index (χ1) is 12.8. The van der Waals surface area contributed by atoms with Gasteiger partial charge in [-0.2, -0.15) is 0 Å². The van der Waals surface area contributed by atoms with Gasteiger partial charge >= 0.3 is 0 Å². The van der Waals surface area contributed by atoms with Crippen LogP contribution in [0.15, 0.2) is 60.7 Å². The molecule has 0 saturated carbocycles. The lowest BCUT2D eigenvalue weighted by atomic mass is 10.1. The largest absolute Gasteiger partial charge is 1.00 e. The number of carbonyl (C=O) groups is 2. The molecule has 2 aromatic rings. The van der Waals surface area contributed by atoms with Crippen molar-refractivity contribution in [2.45, 2.75) is 6.42 Å². The van der Waals surface area contributed by atoms with Gasteiger partial charge in [0.15, 0.2) is 11.6 Å². The average molecular weight is 433 g/mol. The predicted molar refractivity (Wildman–Crippen MR) is 114 cm³/mol. The van der Waals surface area contributed by atoms with E-state index in [0.29, 0.717) is 0 Å². The Balaban J connectivity index is 0.00000392.